The molecule has 0 atom stereocenters. The zero-order chi connectivity index (χ0) is 14.4. The average Bonchev–Trinajstić information content (AvgIpc) is 2.92. The quantitative estimate of drug-likeness (QED) is 0.864. The Morgan fingerprint density at radius 2 is 1.80 bits per heavy atom. The highest BCUT2D eigenvalue weighted by Crippen LogP contribution is 2.11. The van der Waals surface area contributed by atoms with Crippen molar-refractivity contribution in [2.45, 2.75) is 32.1 Å². The van der Waals surface area contributed by atoms with Crippen molar-refractivity contribution < 1.29 is 19.5 Å². The van der Waals surface area contributed by atoms with Crippen LogP contribution in [0.3, 0.4) is 0 Å². The highest BCUT2D eigenvalue weighted by molar-refractivity contribution is 5.87. The Bertz CT molecular complexity index is 463. The van der Waals surface area contributed by atoms with Gasteiger partial charge in [0.05, 0.1) is 5.56 Å². The molecule has 108 valence electrons. The molecule has 1 aliphatic rings. The summed E-state index contributed by atoms with van der Waals surface area (Å²) in [5.74, 6) is -1.11. The van der Waals surface area contributed by atoms with E-state index in [0.717, 1.165) is 37.9 Å². The first-order chi connectivity index (χ1) is 9.65. The van der Waals surface area contributed by atoms with Crippen LogP contribution in [0.4, 0.5) is 0 Å². The van der Waals surface area contributed by atoms with Crippen LogP contribution in [0.1, 0.15) is 41.6 Å². The van der Waals surface area contributed by atoms with E-state index in [0.29, 0.717) is 12.8 Å². The zero-order valence-corrected chi connectivity index (χ0v) is 11.4. The fourth-order valence-corrected chi connectivity index (χ4v) is 2.22. The van der Waals surface area contributed by atoms with Gasteiger partial charge in [-0.15, -0.1) is 5.06 Å². The van der Waals surface area contributed by atoms with Crippen LogP contribution < -0.4 is 0 Å². The molecule has 0 aromatic heterocycles. The highest BCUT2D eigenvalue weighted by atomic mass is 16.7. The van der Waals surface area contributed by atoms with E-state index in [4.69, 9.17) is 9.94 Å². The van der Waals surface area contributed by atoms with Crippen LogP contribution in [0.15, 0.2) is 24.3 Å². The number of carboxylic acid groups (broad SMARTS) is 1. The molecule has 0 aliphatic carbocycles. The smallest absolute Gasteiger partial charge is 0.335 e. The summed E-state index contributed by atoms with van der Waals surface area (Å²) in [6.07, 6.45) is 4.01. The number of benzene rings is 1. The van der Waals surface area contributed by atoms with Crippen LogP contribution in [0.2, 0.25) is 0 Å². The largest absolute Gasteiger partial charge is 0.478 e. The predicted octanol–water partition coefficient (Wildman–Crippen LogP) is 2.26. The molecular weight excluding hydrogens is 258 g/mol. The van der Waals surface area contributed by atoms with Gasteiger partial charge in [-0.1, -0.05) is 12.1 Å². The first kappa shape index (κ1) is 14.5. The third-order valence-corrected chi connectivity index (χ3v) is 3.34. The molecule has 0 saturated carbocycles. The molecule has 0 unspecified atom stereocenters. The van der Waals surface area contributed by atoms with Crippen molar-refractivity contribution in [2.75, 3.05) is 13.1 Å². The van der Waals surface area contributed by atoms with Crippen LogP contribution in [-0.4, -0.2) is 35.2 Å². The van der Waals surface area contributed by atoms with E-state index >= 15 is 0 Å². The lowest BCUT2D eigenvalue weighted by Gasteiger charge is -2.13. The number of hydrogen-bond donors (Lipinski definition) is 1. The maximum absolute atomic E-state index is 11.6. The third kappa shape index (κ3) is 4.35. The molecule has 0 amide bonds. The van der Waals surface area contributed by atoms with Crippen LogP contribution >= 0.6 is 0 Å². The van der Waals surface area contributed by atoms with Crippen LogP contribution in [0.25, 0.3) is 0 Å². The number of rotatable bonds is 6. The molecule has 0 radical (unpaired) electrons. The van der Waals surface area contributed by atoms with Gasteiger partial charge in [-0.25, -0.2) is 4.79 Å². The Kier molecular flexibility index (Phi) is 5.12. The molecule has 1 aromatic carbocycles. The number of carbonyl (C=O) groups is 2. The molecule has 5 nitrogen and oxygen atoms in total. The molecule has 0 spiro atoms. The lowest BCUT2D eigenvalue weighted by Crippen LogP contribution is -2.23. The molecule has 1 fully saturated rings. The minimum atomic E-state index is -0.925. The van der Waals surface area contributed by atoms with Gasteiger partial charge in [0.2, 0.25) is 0 Å². The standard InChI is InChI=1S/C15H19NO4/c17-14(20-16-10-1-2-11-16)5-3-4-12-6-8-13(9-7-12)15(18)19/h6-9H,1-5,10-11H2,(H,18,19). The van der Waals surface area contributed by atoms with Gasteiger partial charge < -0.3 is 9.94 Å². The second-order valence-electron chi connectivity index (χ2n) is 4.96. The van der Waals surface area contributed by atoms with Gasteiger partial charge in [0.15, 0.2) is 0 Å². The van der Waals surface area contributed by atoms with Gasteiger partial charge in [0.25, 0.3) is 0 Å². The van der Waals surface area contributed by atoms with Crippen molar-refractivity contribution in [3.8, 4) is 0 Å². The summed E-state index contributed by atoms with van der Waals surface area (Å²) < 4.78 is 0. The van der Waals surface area contributed by atoms with E-state index in [9.17, 15) is 9.59 Å². The molecule has 1 saturated heterocycles. The fourth-order valence-electron chi connectivity index (χ4n) is 2.22. The molecule has 1 aliphatic heterocycles. The molecule has 1 N–H and O–H groups in total. The lowest BCUT2D eigenvalue weighted by atomic mass is 10.1. The molecule has 0 bridgehead atoms. The Morgan fingerprint density at radius 3 is 2.40 bits per heavy atom. The number of hydroxylamine groups is 2. The Balaban J connectivity index is 1.69. The second kappa shape index (κ2) is 7.05. The monoisotopic (exact) mass is 277 g/mol. The Hall–Kier alpha value is -1.88. The number of carbonyl (C=O) groups excluding carboxylic acids is 1. The van der Waals surface area contributed by atoms with Crippen LogP contribution in [0, 0.1) is 0 Å². The van der Waals surface area contributed by atoms with Crippen molar-refractivity contribution in [3.63, 3.8) is 0 Å². The zero-order valence-electron chi connectivity index (χ0n) is 11.4. The van der Waals surface area contributed by atoms with Gasteiger partial charge in [-0.05, 0) is 43.4 Å². The van der Waals surface area contributed by atoms with E-state index in [2.05, 4.69) is 0 Å². The summed E-state index contributed by atoms with van der Waals surface area (Å²) in [5.41, 5.74) is 1.31. The summed E-state index contributed by atoms with van der Waals surface area (Å²) in [6.45, 7) is 1.67. The molecule has 1 heterocycles. The number of nitrogens with zero attached hydrogens (tertiary/aromatic N) is 1. The number of aryl methyl sites for hydroxylation is 1. The molecule has 20 heavy (non-hydrogen) atoms. The van der Waals surface area contributed by atoms with Gasteiger partial charge in [-0.2, -0.15) is 0 Å². The van der Waals surface area contributed by atoms with Gasteiger partial charge in [0.1, 0.15) is 0 Å². The van der Waals surface area contributed by atoms with Crippen molar-refractivity contribution in [1.82, 2.24) is 5.06 Å². The number of carboxylic acids is 1. The molecule has 1 aromatic rings. The number of hydrogen-bond acceptors (Lipinski definition) is 4. The minimum absolute atomic E-state index is 0.186. The molecular formula is C15H19NO4. The van der Waals surface area contributed by atoms with E-state index in [1.54, 1.807) is 29.3 Å². The predicted molar refractivity (Wildman–Crippen MR) is 73.2 cm³/mol. The van der Waals surface area contributed by atoms with E-state index in [-0.39, 0.29) is 11.5 Å². The molecule has 5 heteroatoms. The van der Waals surface area contributed by atoms with Crippen LogP contribution in [0.5, 0.6) is 0 Å². The van der Waals surface area contributed by atoms with E-state index in [1.807, 2.05) is 0 Å². The maximum atomic E-state index is 11.6. The lowest BCUT2D eigenvalue weighted by molar-refractivity contribution is -0.185. The van der Waals surface area contributed by atoms with Crippen molar-refractivity contribution in [3.05, 3.63) is 35.4 Å². The second-order valence-corrected chi connectivity index (χ2v) is 4.96. The average molecular weight is 277 g/mol. The minimum Gasteiger partial charge on any atom is -0.478 e. The van der Waals surface area contributed by atoms with E-state index in [1.165, 1.54) is 0 Å². The SMILES string of the molecule is O=C(CCCc1ccc(C(=O)O)cc1)ON1CCCC1. The summed E-state index contributed by atoms with van der Waals surface area (Å²) in [4.78, 5) is 27.5. The summed E-state index contributed by atoms with van der Waals surface area (Å²) >= 11 is 0. The van der Waals surface area contributed by atoms with Crippen LogP contribution in [-0.2, 0) is 16.1 Å². The van der Waals surface area contributed by atoms with Gasteiger partial charge in [-0.3, -0.25) is 4.79 Å². The first-order valence-corrected chi connectivity index (χ1v) is 6.93. The van der Waals surface area contributed by atoms with E-state index < -0.39 is 5.97 Å². The highest BCUT2D eigenvalue weighted by Gasteiger charge is 2.15. The van der Waals surface area contributed by atoms with Crippen molar-refractivity contribution >= 4 is 11.9 Å². The summed E-state index contributed by atoms with van der Waals surface area (Å²) in [7, 11) is 0. The maximum Gasteiger partial charge on any atom is 0.335 e. The first-order valence-electron chi connectivity index (χ1n) is 6.93. The molecule has 2 rings (SSSR count). The summed E-state index contributed by atoms with van der Waals surface area (Å²) in [6, 6.07) is 6.74. The van der Waals surface area contributed by atoms with Crippen molar-refractivity contribution in [1.29, 1.82) is 0 Å². The Labute approximate surface area is 118 Å². The normalized spacial score (nSPS) is 15.2. The number of aromatic carboxylic acids is 1. The Morgan fingerprint density at radius 1 is 1.15 bits per heavy atom. The van der Waals surface area contributed by atoms with Gasteiger partial charge in [0, 0.05) is 19.5 Å². The topological polar surface area (TPSA) is 66.8 Å². The van der Waals surface area contributed by atoms with Gasteiger partial charge >= 0.3 is 11.9 Å². The van der Waals surface area contributed by atoms with Crippen molar-refractivity contribution in [2.24, 2.45) is 0 Å². The fraction of sp³-hybridized carbons (Fsp3) is 0.467. The summed E-state index contributed by atoms with van der Waals surface area (Å²) in [5, 5.41) is 10.5. The third-order valence-electron chi connectivity index (χ3n) is 3.34.